The standard InChI is InChI=1S/C12H16BrN3O/c1-4-8-5-6-10(17-8)11(14-2)12-9(13)7-15-16(12)3/h5-7,11,14H,4H2,1-3H3. The summed E-state index contributed by atoms with van der Waals surface area (Å²) in [5, 5.41) is 7.48. The Morgan fingerprint density at radius 3 is 2.76 bits per heavy atom. The molecular formula is C12H16BrN3O. The van der Waals surface area contributed by atoms with Gasteiger partial charge in [0.2, 0.25) is 0 Å². The van der Waals surface area contributed by atoms with Crippen LogP contribution in [0, 0.1) is 0 Å². The molecule has 0 aliphatic carbocycles. The van der Waals surface area contributed by atoms with E-state index in [0.29, 0.717) is 0 Å². The highest BCUT2D eigenvalue weighted by atomic mass is 79.9. The molecule has 0 bridgehead atoms. The highest BCUT2D eigenvalue weighted by Gasteiger charge is 2.22. The molecule has 2 rings (SSSR count). The maximum Gasteiger partial charge on any atom is 0.127 e. The Kier molecular flexibility index (Phi) is 3.69. The Morgan fingerprint density at radius 2 is 2.29 bits per heavy atom. The first-order valence-electron chi connectivity index (χ1n) is 5.60. The lowest BCUT2D eigenvalue weighted by Crippen LogP contribution is -2.20. The van der Waals surface area contributed by atoms with Gasteiger partial charge in [0.1, 0.15) is 17.6 Å². The van der Waals surface area contributed by atoms with Gasteiger partial charge in [0.15, 0.2) is 0 Å². The summed E-state index contributed by atoms with van der Waals surface area (Å²) in [6.07, 6.45) is 2.70. The van der Waals surface area contributed by atoms with E-state index in [1.165, 1.54) is 0 Å². The van der Waals surface area contributed by atoms with Gasteiger partial charge in [0.05, 0.1) is 16.4 Å². The molecule has 92 valence electrons. The van der Waals surface area contributed by atoms with Crippen molar-refractivity contribution in [1.29, 1.82) is 0 Å². The zero-order valence-corrected chi connectivity index (χ0v) is 11.8. The number of nitrogens with one attached hydrogen (secondary N) is 1. The van der Waals surface area contributed by atoms with Crippen molar-refractivity contribution in [3.8, 4) is 0 Å². The monoisotopic (exact) mass is 297 g/mol. The van der Waals surface area contributed by atoms with Gasteiger partial charge in [-0.2, -0.15) is 5.10 Å². The molecular weight excluding hydrogens is 282 g/mol. The molecule has 2 aromatic heterocycles. The van der Waals surface area contributed by atoms with E-state index >= 15 is 0 Å². The third-order valence-corrected chi connectivity index (χ3v) is 3.43. The second-order valence-electron chi connectivity index (χ2n) is 3.88. The van der Waals surface area contributed by atoms with E-state index in [0.717, 1.165) is 28.1 Å². The third-order valence-electron chi connectivity index (χ3n) is 2.82. The van der Waals surface area contributed by atoms with Gasteiger partial charge in [-0.05, 0) is 35.1 Å². The van der Waals surface area contributed by atoms with Crippen LogP contribution in [0.25, 0.3) is 0 Å². The van der Waals surface area contributed by atoms with Gasteiger partial charge in [-0.15, -0.1) is 0 Å². The van der Waals surface area contributed by atoms with Crippen LogP contribution in [0.2, 0.25) is 0 Å². The van der Waals surface area contributed by atoms with Crippen LogP contribution in [0.4, 0.5) is 0 Å². The fourth-order valence-corrected chi connectivity index (χ4v) is 2.48. The molecule has 1 unspecified atom stereocenters. The van der Waals surface area contributed by atoms with Gasteiger partial charge in [-0.1, -0.05) is 6.92 Å². The molecule has 2 heterocycles. The van der Waals surface area contributed by atoms with E-state index in [1.807, 2.05) is 30.9 Å². The van der Waals surface area contributed by atoms with Crippen molar-refractivity contribution in [2.75, 3.05) is 7.05 Å². The van der Waals surface area contributed by atoms with Crippen molar-refractivity contribution in [1.82, 2.24) is 15.1 Å². The molecule has 0 fully saturated rings. The molecule has 1 atom stereocenters. The molecule has 4 nitrogen and oxygen atoms in total. The molecule has 0 amide bonds. The summed E-state index contributed by atoms with van der Waals surface area (Å²) in [6.45, 7) is 2.08. The van der Waals surface area contributed by atoms with Crippen molar-refractivity contribution in [2.24, 2.45) is 7.05 Å². The third kappa shape index (κ3) is 2.30. The highest BCUT2D eigenvalue weighted by molar-refractivity contribution is 9.10. The predicted octanol–water partition coefficient (Wildman–Crippen LogP) is 2.65. The molecule has 0 radical (unpaired) electrons. The quantitative estimate of drug-likeness (QED) is 0.943. The van der Waals surface area contributed by atoms with Crippen LogP contribution in [0.3, 0.4) is 0 Å². The Morgan fingerprint density at radius 1 is 1.53 bits per heavy atom. The van der Waals surface area contributed by atoms with Gasteiger partial charge in [-0.3, -0.25) is 4.68 Å². The molecule has 5 heteroatoms. The van der Waals surface area contributed by atoms with Gasteiger partial charge in [0, 0.05) is 13.5 Å². The van der Waals surface area contributed by atoms with E-state index < -0.39 is 0 Å². The molecule has 0 saturated heterocycles. The minimum Gasteiger partial charge on any atom is -0.464 e. The summed E-state index contributed by atoms with van der Waals surface area (Å²) in [7, 11) is 3.84. The van der Waals surface area contributed by atoms with E-state index in [-0.39, 0.29) is 6.04 Å². The Hall–Kier alpha value is -1.07. The van der Waals surface area contributed by atoms with Crippen molar-refractivity contribution < 1.29 is 4.42 Å². The van der Waals surface area contributed by atoms with Gasteiger partial charge < -0.3 is 9.73 Å². The number of hydrogen-bond acceptors (Lipinski definition) is 3. The Balaban J connectivity index is 2.40. The van der Waals surface area contributed by atoms with Crippen LogP contribution in [0.1, 0.15) is 30.2 Å². The minimum atomic E-state index is 0.0113. The van der Waals surface area contributed by atoms with Crippen LogP contribution >= 0.6 is 15.9 Å². The van der Waals surface area contributed by atoms with Crippen LogP contribution < -0.4 is 5.32 Å². The SMILES string of the molecule is CCc1ccc(C(NC)c2c(Br)cnn2C)o1. The number of aromatic nitrogens is 2. The molecule has 0 saturated carbocycles. The molecule has 0 aliphatic heterocycles. The average Bonchev–Trinajstić information content (AvgIpc) is 2.91. The van der Waals surface area contributed by atoms with Crippen LogP contribution in [-0.2, 0) is 13.5 Å². The van der Waals surface area contributed by atoms with Crippen LogP contribution in [0.15, 0.2) is 27.2 Å². The first-order chi connectivity index (χ1) is 8.17. The fraction of sp³-hybridized carbons (Fsp3) is 0.417. The predicted molar refractivity (Wildman–Crippen MR) is 69.9 cm³/mol. The van der Waals surface area contributed by atoms with Crippen molar-refractivity contribution in [3.05, 3.63) is 40.0 Å². The van der Waals surface area contributed by atoms with E-state index in [1.54, 1.807) is 6.20 Å². The number of halogens is 1. The molecule has 2 aromatic rings. The van der Waals surface area contributed by atoms with Crippen molar-refractivity contribution >= 4 is 15.9 Å². The Labute approximate surface area is 109 Å². The van der Waals surface area contributed by atoms with E-state index in [4.69, 9.17) is 4.42 Å². The smallest absolute Gasteiger partial charge is 0.127 e. The lowest BCUT2D eigenvalue weighted by atomic mass is 10.1. The van der Waals surface area contributed by atoms with Gasteiger partial charge in [-0.25, -0.2) is 0 Å². The molecule has 0 spiro atoms. The summed E-state index contributed by atoms with van der Waals surface area (Å²) in [4.78, 5) is 0. The summed E-state index contributed by atoms with van der Waals surface area (Å²) in [5.74, 6) is 1.91. The molecule has 17 heavy (non-hydrogen) atoms. The lowest BCUT2D eigenvalue weighted by molar-refractivity contribution is 0.423. The normalized spacial score (nSPS) is 12.9. The maximum atomic E-state index is 5.80. The number of hydrogen-bond donors (Lipinski definition) is 1. The topological polar surface area (TPSA) is 43.0 Å². The fourth-order valence-electron chi connectivity index (χ4n) is 1.90. The number of furan rings is 1. The summed E-state index contributed by atoms with van der Waals surface area (Å²) in [6, 6.07) is 4.04. The largest absolute Gasteiger partial charge is 0.464 e. The average molecular weight is 298 g/mol. The number of nitrogens with zero attached hydrogens (tertiary/aromatic N) is 2. The summed E-state index contributed by atoms with van der Waals surface area (Å²) >= 11 is 3.51. The minimum absolute atomic E-state index is 0.0113. The summed E-state index contributed by atoms with van der Waals surface area (Å²) < 4.78 is 8.62. The van der Waals surface area contributed by atoms with Crippen LogP contribution in [0.5, 0.6) is 0 Å². The maximum absolute atomic E-state index is 5.80. The summed E-state index contributed by atoms with van der Waals surface area (Å²) in [5.41, 5.74) is 1.06. The lowest BCUT2D eigenvalue weighted by Gasteiger charge is -2.14. The highest BCUT2D eigenvalue weighted by Crippen LogP contribution is 2.28. The number of aryl methyl sites for hydroxylation is 2. The zero-order chi connectivity index (χ0) is 12.4. The zero-order valence-electron chi connectivity index (χ0n) is 10.2. The van der Waals surface area contributed by atoms with Crippen molar-refractivity contribution in [2.45, 2.75) is 19.4 Å². The number of rotatable bonds is 4. The van der Waals surface area contributed by atoms with Crippen molar-refractivity contribution in [3.63, 3.8) is 0 Å². The molecule has 0 aromatic carbocycles. The second-order valence-corrected chi connectivity index (χ2v) is 4.74. The first kappa shape index (κ1) is 12.4. The first-order valence-corrected chi connectivity index (χ1v) is 6.40. The van der Waals surface area contributed by atoms with Gasteiger partial charge >= 0.3 is 0 Å². The van der Waals surface area contributed by atoms with Gasteiger partial charge in [0.25, 0.3) is 0 Å². The van der Waals surface area contributed by atoms with Crippen LogP contribution in [-0.4, -0.2) is 16.8 Å². The molecule has 1 N–H and O–H groups in total. The second kappa shape index (κ2) is 5.06. The van der Waals surface area contributed by atoms with E-state index in [9.17, 15) is 0 Å². The molecule has 0 aliphatic rings. The van der Waals surface area contributed by atoms with E-state index in [2.05, 4.69) is 33.3 Å². The Bertz CT molecular complexity index is 484.